The highest BCUT2D eigenvalue weighted by molar-refractivity contribution is 5.99. The van der Waals surface area contributed by atoms with Crippen LogP contribution in [0.25, 0.3) is 11.0 Å². The number of para-hydroxylation sites is 2. The number of amides is 1. The van der Waals surface area contributed by atoms with Crippen molar-refractivity contribution in [1.82, 2.24) is 0 Å². The second kappa shape index (κ2) is 7.84. The Morgan fingerprint density at radius 3 is 2.50 bits per heavy atom. The fraction of sp³-hybridized carbons (Fsp3) is 0.200. The lowest BCUT2D eigenvalue weighted by atomic mass is 10.1. The molecule has 2 aromatic carbocycles. The lowest BCUT2D eigenvalue weighted by Gasteiger charge is -2.13. The summed E-state index contributed by atoms with van der Waals surface area (Å²) >= 11 is 0. The molecule has 6 heteroatoms. The lowest BCUT2D eigenvalue weighted by molar-refractivity contribution is -0.123. The monoisotopic (exact) mass is 353 g/mol. The van der Waals surface area contributed by atoms with Crippen LogP contribution < -0.4 is 5.32 Å². The van der Waals surface area contributed by atoms with Crippen molar-refractivity contribution in [2.45, 2.75) is 19.6 Å². The molecule has 0 aliphatic rings. The number of rotatable bonds is 6. The first-order valence-electron chi connectivity index (χ1n) is 8.16. The standard InChI is InChI=1S/C20H19NO5/c1-13(19(22)21-14-8-4-3-5-9-14)25-20(23)18-16(12-24-2)15-10-6-7-11-17(15)26-18/h3-11,13H,12H2,1-2H3,(H,21,22). The van der Waals surface area contributed by atoms with Crippen LogP contribution in [-0.2, 0) is 20.9 Å². The van der Waals surface area contributed by atoms with Gasteiger partial charge in [0.25, 0.3) is 5.91 Å². The summed E-state index contributed by atoms with van der Waals surface area (Å²) in [5.74, 6) is -1.08. The molecule has 1 N–H and O–H groups in total. The number of ether oxygens (including phenoxy) is 2. The molecule has 0 saturated carbocycles. The van der Waals surface area contributed by atoms with E-state index in [9.17, 15) is 9.59 Å². The van der Waals surface area contributed by atoms with Gasteiger partial charge in [0, 0.05) is 23.7 Å². The van der Waals surface area contributed by atoms with Crippen molar-refractivity contribution in [3.05, 3.63) is 65.9 Å². The van der Waals surface area contributed by atoms with Crippen molar-refractivity contribution < 1.29 is 23.5 Å². The first-order valence-corrected chi connectivity index (χ1v) is 8.16. The van der Waals surface area contributed by atoms with Gasteiger partial charge >= 0.3 is 5.97 Å². The van der Waals surface area contributed by atoms with Crippen LogP contribution in [0.1, 0.15) is 23.0 Å². The van der Waals surface area contributed by atoms with Gasteiger partial charge in [-0.2, -0.15) is 0 Å². The van der Waals surface area contributed by atoms with E-state index < -0.39 is 18.0 Å². The zero-order valence-electron chi connectivity index (χ0n) is 14.5. The molecule has 26 heavy (non-hydrogen) atoms. The Hall–Kier alpha value is -3.12. The van der Waals surface area contributed by atoms with Gasteiger partial charge in [-0.05, 0) is 25.1 Å². The van der Waals surface area contributed by atoms with Crippen LogP contribution in [0, 0.1) is 0 Å². The average molecular weight is 353 g/mol. The molecule has 0 radical (unpaired) electrons. The minimum absolute atomic E-state index is 0.0485. The topological polar surface area (TPSA) is 77.8 Å². The summed E-state index contributed by atoms with van der Waals surface area (Å²) in [6.45, 7) is 1.71. The second-order valence-corrected chi connectivity index (χ2v) is 5.74. The number of anilines is 1. The number of benzene rings is 2. The number of carbonyl (C=O) groups is 2. The summed E-state index contributed by atoms with van der Waals surface area (Å²) in [5, 5.41) is 3.47. The van der Waals surface area contributed by atoms with Crippen molar-refractivity contribution in [2.24, 2.45) is 0 Å². The minimum Gasteiger partial charge on any atom is -0.449 e. The summed E-state index contributed by atoms with van der Waals surface area (Å²) in [7, 11) is 1.53. The van der Waals surface area contributed by atoms with Crippen molar-refractivity contribution in [3.8, 4) is 0 Å². The maximum Gasteiger partial charge on any atom is 0.375 e. The summed E-state index contributed by atoms with van der Waals surface area (Å²) < 4.78 is 16.1. The molecule has 0 saturated heterocycles. The summed E-state index contributed by atoms with van der Waals surface area (Å²) in [5.41, 5.74) is 1.79. The molecule has 0 bridgehead atoms. The van der Waals surface area contributed by atoms with E-state index in [1.165, 1.54) is 14.0 Å². The van der Waals surface area contributed by atoms with Crippen LogP contribution in [0.2, 0.25) is 0 Å². The highest BCUT2D eigenvalue weighted by Crippen LogP contribution is 2.27. The van der Waals surface area contributed by atoms with Gasteiger partial charge in [0.05, 0.1) is 6.61 Å². The number of carbonyl (C=O) groups excluding carboxylic acids is 2. The molecule has 1 unspecified atom stereocenters. The third-order valence-corrected chi connectivity index (χ3v) is 3.87. The van der Waals surface area contributed by atoms with E-state index in [0.717, 1.165) is 5.39 Å². The molecule has 1 heterocycles. The van der Waals surface area contributed by atoms with Crippen LogP contribution in [0.3, 0.4) is 0 Å². The first kappa shape index (κ1) is 17.7. The Labute approximate surface area is 150 Å². The van der Waals surface area contributed by atoms with Crippen molar-refractivity contribution in [1.29, 1.82) is 0 Å². The van der Waals surface area contributed by atoms with Crippen molar-refractivity contribution >= 4 is 28.5 Å². The Kier molecular flexibility index (Phi) is 5.34. The Balaban J connectivity index is 1.76. The molecule has 6 nitrogen and oxygen atoms in total. The highest BCUT2D eigenvalue weighted by Gasteiger charge is 2.25. The van der Waals surface area contributed by atoms with Crippen LogP contribution in [0.15, 0.2) is 59.0 Å². The van der Waals surface area contributed by atoms with Gasteiger partial charge in [-0.25, -0.2) is 4.79 Å². The molecule has 3 rings (SSSR count). The average Bonchev–Trinajstić information content (AvgIpc) is 3.02. The smallest absolute Gasteiger partial charge is 0.375 e. The van der Waals surface area contributed by atoms with Crippen LogP contribution in [0.5, 0.6) is 0 Å². The molecule has 1 amide bonds. The fourth-order valence-corrected chi connectivity index (χ4v) is 2.58. The maximum absolute atomic E-state index is 12.5. The largest absolute Gasteiger partial charge is 0.449 e. The van der Waals surface area contributed by atoms with Gasteiger partial charge in [0.1, 0.15) is 5.58 Å². The molecule has 3 aromatic rings. The van der Waals surface area contributed by atoms with Crippen LogP contribution >= 0.6 is 0 Å². The molecule has 0 spiro atoms. The van der Waals surface area contributed by atoms with E-state index in [1.54, 1.807) is 30.3 Å². The van der Waals surface area contributed by atoms with E-state index in [2.05, 4.69) is 5.32 Å². The molecular formula is C20H19NO5. The molecule has 1 atom stereocenters. The maximum atomic E-state index is 12.5. The number of nitrogens with one attached hydrogen (secondary N) is 1. The van der Waals surface area contributed by atoms with E-state index in [0.29, 0.717) is 16.8 Å². The summed E-state index contributed by atoms with van der Waals surface area (Å²) in [4.78, 5) is 24.7. The Bertz CT molecular complexity index is 916. The lowest BCUT2D eigenvalue weighted by Crippen LogP contribution is -2.30. The third-order valence-electron chi connectivity index (χ3n) is 3.87. The van der Waals surface area contributed by atoms with Gasteiger partial charge < -0.3 is 19.2 Å². The van der Waals surface area contributed by atoms with Crippen LogP contribution in [0.4, 0.5) is 5.69 Å². The zero-order valence-corrected chi connectivity index (χ0v) is 14.5. The number of fused-ring (bicyclic) bond motifs is 1. The van der Waals surface area contributed by atoms with Crippen molar-refractivity contribution in [3.63, 3.8) is 0 Å². The van der Waals surface area contributed by atoms with E-state index in [-0.39, 0.29) is 12.4 Å². The number of methoxy groups -OCH3 is 1. The quantitative estimate of drug-likeness (QED) is 0.683. The second-order valence-electron chi connectivity index (χ2n) is 5.74. The van der Waals surface area contributed by atoms with Crippen LogP contribution in [-0.4, -0.2) is 25.1 Å². The molecule has 134 valence electrons. The van der Waals surface area contributed by atoms with Gasteiger partial charge in [-0.3, -0.25) is 4.79 Å². The predicted molar refractivity (Wildman–Crippen MR) is 96.9 cm³/mol. The van der Waals surface area contributed by atoms with Gasteiger partial charge in [-0.1, -0.05) is 36.4 Å². The summed E-state index contributed by atoms with van der Waals surface area (Å²) in [6.07, 6.45) is -0.980. The molecule has 1 aromatic heterocycles. The van der Waals surface area contributed by atoms with Gasteiger partial charge in [0.2, 0.25) is 5.76 Å². The third kappa shape index (κ3) is 3.75. The number of hydrogen-bond donors (Lipinski definition) is 1. The Morgan fingerprint density at radius 1 is 1.08 bits per heavy atom. The number of hydrogen-bond acceptors (Lipinski definition) is 5. The first-order chi connectivity index (χ1) is 12.6. The molecule has 0 fully saturated rings. The van der Waals surface area contributed by atoms with Crippen molar-refractivity contribution in [2.75, 3.05) is 12.4 Å². The van der Waals surface area contributed by atoms with E-state index in [4.69, 9.17) is 13.9 Å². The SMILES string of the molecule is COCc1c(C(=O)OC(C)C(=O)Nc2ccccc2)oc2ccccc12. The number of esters is 1. The van der Waals surface area contributed by atoms with E-state index in [1.807, 2.05) is 24.3 Å². The highest BCUT2D eigenvalue weighted by atomic mass is 16.6. The van der Waals surface area contributed by atoms with Gasteiger partial charge in [-0.15, -0.1) is 0 Å². The van der Waals surface area contributed by atoms with E-state index >= 15 is 0 Å². The zero-order chi connectivity index (χ0) is 18.5. The predicted octanol–water partition coefficient (Wildman–Crippen LogP) is 3.76. The normalized spacial score (nSPS) is 11.9. The Morgan fingerprint density at radius 2 is 1.77 bits per heavy atom. The van der Waals surface area contributed by atoms with Gasteiger partial charge in [0.15, 0.2) is 6.10 Å². The fourth-order valence-electron chi connectivity index (χ4n) is 2.58. The number of furan rings is 1. The molecule has 0 aliphatic heterocycles. The molecule has 0 aliphatic carbocycles. The summed E-state index contributed by atoms with van der Waals surface area (Å²) in [6, 6.07) is 16.2. The molecular weight excluding hydrogens is 334 g/mol. The minimum atomic E-state index is -0.980.